The molecule has 7 heteroatoms. The summed E-state index contributed by atoms with van der Waals surface area (Å²) in [7, 11) is 0. The number of carbonyl (C=O) groups is 1. The van der Waals surface area contributed by atoms with Gasteiger partial charge in [-0.2, -0.15) is 10.2 Å². The molecule has 37 heavy (non-hydrogen) atoms. The van der Waals surface area contributed by atoms with E-state index >= 15 is 0 Å². The van der Waals surface area contributed by atoms with Gasteiger partial charge in [-0.15, -0.1) is 0 Å². The molecule has 0 radical (unpaired) electrons. The molecular weight excluding hydrogens is 480 g/mol. The average Bonchev–Trinajstić information content (AvgIpc) is 3.36. The van der Waals surface area contributed by atoms with Crippen LogP contribution in [0.3, 0.4) is 0 Å². The first kappa shape index (κ1) is 23.1. The molecule has 1 atom stereocenters. The van der Waals surface area contributed by atoms with Gasteiger partial charge in [-0.1, -0.05) is 91.0 Å². The summed E-state index contributed by atoms with van der Waals surface area (Å²) >= 11 is 1.35. The summed E-state index contributed by atoms with van der Waals surface area (Å²) < 4.78 is 5.39. The number of hydrogen-bond donors (Lipinski definition) is 0. The molecule has 6 rings (SSSR count). The molecule has 6 nitrogen and oxygen atoms in total. The van der Waals surface area contributed by atoms with Crippen molar-refractivity contribution >= 4 is 39.9 Å². The first-order valence-electron chi connectivity index (χ1n) is 12.1. The topological polar surface area (TPSA) is 57.5 Å². The number of para-hydroxylation sites is 2. The molecule has 0 bridgehead atoms. The van der Waals surface area contributed by atoms with E-state index in [2.05, 4.69) is 24.3 Å². The third-order valence-corrected chi connectivity index (χ3v) is 7.53. The van der Waals surface area contributed by atoms with Crippen LogP contribution in [0, 0.1) is 0 Å². The highest BCUT2D eigenvalue weighted by molar-refractivity contribution is 8.16. The van der Waals surface area contributed by atoms with Crippen LogP contribution in [-0.4, -0.2) is 23.3 Å². The zero-order chi connectivity index (χ0) is 25.2. The van der Waals surface area contributed by atoms with Gasteiger partial charge in [-0.05, 0) is 43.0 Å². The van der Waals surface area contributed by atoms with Crippen LogP contribution in [0.5, 0.6) is 0 Å². The van der Waals surface area contributed by atoms with E-state index in [1.807, 2.05) is 101 Å². The van der Waals surface area contributed by atoms with Crippen LogP contribution in [0.2, 0.25) is 0 Å². The summed E-state index contributed by atoms with van der Waals surface area (Å²) in [5.74, 6) is -0.450. The Morgan fingerprint density at radius 3 is 1.92 bits per heavy atom. The second-order valence-corrected chi connectivity index (χ2v) is 9.65. The Kier molecular flexibility index (Phi) is 5.98. The summed E-state index contributed by atoms with van der Waals surface area (Å²) in [4.78, 5) is 12.0. The summed E-state index contributed by atoms with van der Waals surface area (Å²) in [5.41, 5.74) is 5.53. The molecule has 0 saturated carbocycles. The van der Waals surface area contributed by atoms with Gasteiger partial charge in [-0.25, -0.2) is 14.8 Å². The standard InChI is InChI=1S/C30H24N4O2S/c1-2-36-29(35)28-32-34(24-18-10-5-11-19-24)30(37-28)26-21-13-12-20-25(26)27(22-14-6-3-7-15-22)31-33(30)23-16-8-4-9-17-23/h3-21H,2H2,1H3/t30-/m1/s1. The zero-order valence-corrected chi connectivity index (χ0v) is 21.0. The molecule has 0 saturated heterocycles. The van der Waals surface area contributed by atoms with Gasteiger partial charge in [0.25, 0.3) is 0 Å². The Balaban J connectivity index is 1.64. The second kappa shape index (κ2) is 9.59. The van der Waals surface area contributed by atoms with Crippen molar-refractivity contribution in [2.45, 2.75) is 11.9 Å². The lowest BCUT2D eigenvalue weighted by molar-refractivity contribution is -0.134. The Morgan fingerprint density at radius 2 is 1.30 bits per heavy atom. The number of thioether (sulfide) groups is 1. The highest BCUT2D eigenvalue weighted by Gasteiger charge is 2.56. The van der Waals surface area contributed by atoms with Crippen LogP contribution in [0.4, 0.5) is 11.4 Å². The highest BCUT2D eigenvalue weighted by Crippen LogP contribution is 2.54. The lowest BCUT2D eigenvalue weighted by Crippen LogP contribution is -2.54. The van der Waals surface area contributed by atoms with Crippen molar-refractivity contribution in [3.8, 4) is 0 Å². The predicted octanol–water partition coefficient (Wildman–Crippen LogP) is 6.20. The number of carbonyl (C=O) groups excluding carboxylic acids is 1. The van der Waals surface area contributed by atoms with Crippen LogP contribution in [0.15, 0.2) is 125 Å². The van der Waals surface area contributed by atoms with Crippen molar-refractivity contribution in [2.24, 2.45) is 10.2 Å². The van der Waals surface area contributed by atoms with Crippen molar-refractivity contribution < 1.29 is 9.53 Å². The molecule has 0 unspecified atom stereocenters. The van der Waals surface area contributed by atoms with Gasteiger partial charge in [0.15, 0.2) is 0 Å². The maximum Gasteiger partial charge on any atom is 0.365 e. The molecule has 0 fully saturated rings. The molecule has 4 aromatic carbocycles. The number of benzene rings is 4. The van der Waals surface area contributed by atoms with Crippen LogP contribution in [-0.2, 0) is 14.5 Å². The number of fused-ring (bicyclic) bond motifs is 2. The third kappa shape index (κ3) is 3.88. The fourth-order valence-corrected chi connectivity index (χ4v) is 5.94. The molecule has 0 N–H and O–H groups in total. The van der Waals surface area contributed by atoms with Crippen LogP contribution >= 0.6 is 11.8 Å². The summed E-state index contributed by atoms with van der Waals surface area (Å²) in [6.07, 6.45) is 0. The molecule has 0 aliphatic carbocycles. The summed E-state index contributed by atoms with van der Waals surface area (Å²) in [6, 6.07) is 38.2. The summed E-state index contributed by atoms with van der Waals surface area (Å²) in [6.45, 7) is 2.07. The van der Waals surface area contributed by atoms with Gasteiger partial charge >= 0.3 is 5.97 Å². The number of anilines is 2. The Hall–Kier alpha value is -4.36. The molecule has 2 heterocycles. The van der Waals surface area contributed by atoms with Crippen molar-refractivity contribution in [1.82, 2.24) is 0 Å². The van der Waals surface area contributed by atoms with E-state index < -0.39 is 11.0 Å². The molecular formula is C30H24N4O2S. The lowest BCUT2D eigenvalue weighted by Gasteiger charge is -2.47. The maximum atomic E-state index is 13.0. The minimum absolute atomic E-state index is 0.270. The first-order valence-corrected chi connectivity index (χ1v) is 12.9. The number of esters is 1. The van der Waals surface area contributed by atoms with Gasteiger partial charge in [0.2, 0.25) is 10.0 Å². The van der Waals surface area contributed by atoms with Crippen molar-refractivity contribution in [3.05, 3.63) is 132 Å². The van der Waals surface area contributed by atoms with E-state index in [1.54, 1.807) is 6.92 Å². The zero-order valence-electron chi connectivity index (χ0n) is 20.2. The van der Waals surface area contributed by atoms with Gasteiger partial charge < -0.3 is 4.74 Å². The SMILES string of the molecule is CCOC(=O)C1=NN(c2ccccc2)[C@@]2(S1)c1ccccc1C(c1ccccc1)=NN2c1ccccc1. The molecule has 2 aliphatic rings. The highest BCUT2D eigenvalue weighted by atomic mass is 32.2. The van der Waals surface area contributed by atoms with Gasteiger partial charge in [0.05, 0.1) is 23.7 Å². The van der Waals surface area contributed by atoms with Crippen LogP contribution in [0.25, 0.3) is 0 Å². The molecule has 182 valence electrons. The Morgan fingerprint density at radius 1 is 0.757 bits per heavy atom. The van der Waals surface area contributed by atoms with Crippen molar-refractivity contribution in [2.75, 3.05) is 16.6 Å². The quantitative estimate of drug-likeness (QED) is 0.303. The van der Waals surface area contributed by atoms with E-state index in [-0.39, 0.29) is 11.7 Å². The van der Waals surface area contributed by atoms with E-state index in [9.17, 15) is 4.79 Å². The first-order chi connectivity index (χ1) is 18.2. The second-order valence-electron chi connectivity index (χ2n) is 8.49. The summed E-state index contributed by atoms with van der Waals surface area (Å²) in [5, 5.41) is 14.3. The smallest absolute Gasteiger partial charge is 0.365 e. The number of nitrogens with zero attached hydrogens (tertiary/aromatic N) is 4. The van der Waals surface area contributed by atoms with Crippen LogP contribution in [0.1, 0.15) is 23.6 Å². The number of hydrogen-bond acceptors (Lipinski definition) is 7. The normalized spacial score (nSPS) is 18.3. The van der Waals surface area contributed by atoms with E-state index in [0.717, 1.165) is 33.8 Å². The third-order valence-electron chi connectivity index (χ3n) is 6.24. The van der Waals surface area contributed by atoms with Crippen molar-refractivity contribution in [1.29, 1.82) is 0 Å². The average molecular weight is 505 g/mol. The van der Waals surface area contributed by atoms with E-state index in [0.29, 0.717) is 0 Å². The fraction of sp³-hybridized carbons (Fsp3) is 0.100. The Labute approximate surface area is 219 Å². The minimum Gasteiger partial charge on any atom is -0.461 e. The van der Waals surface area contributed by atoms with E-state index in [4.69, 9.17) is 14.9 Å². The number of ether oxygens (including phenoxy) is 1. The molecule has 0 amide bonds. The largest absolute Gasteiger partial charge is 0.461 e. The van der Waals surface area contributed by atoms with Gasteiger partial charge in [0, 0.05) is 16.7 Å². The predicted molar refractivity (Wildman–Crippen MR) is 150 cm³/mol. The maximum absolute atomic E-state index is 13.0. The molecule has 0 aromatic heterocycles. The van der Waals surface area contributed by atoms with Gasteiger partial charge in [0.1, 0.15) is 0 Å². The lowest BCUT2D eigenvalue weighted by atomic mass is 9.93. The van der Waals surface area contributed by atoms with Crippen LogP contribution < -0.4 is 10.0 Å². The fourth-order valence-electron chi connectivity index (χ4n) is 4.66. The number of hydrazone groups is 2. The minimum atomic E-state index is -1.00. The molecule has 1 spiro atoms. The molecule has 4 aromatic rings. The van der Waals surface area contributed by atoms with E-state index in [1.165, 1.54) is 11.8 Å². The van der Waals surface area contributed by atoms with Crippen molar-refractivity contribution in [3.63, 3.8) is 0 Å². The number of rotatable bonds is 5. The molecule has 2 aliphatic heterocycles. The van der Waals surface area contributed by atoms with Gasteiger partial charge in [-0.3, -0.25) is 0 Å². The monoisotopic (exact) mass is 504 g/mol. The Bertz CT molecular complexity index is 1490.